The summed E-state index contributed by atoms with van der Waals surface area (Å²) in [5.41, 5.74) is 3.56. The van der Waals surface area contributed by atoms with Crippen molar-refractivity contribution in [2.24, 2.45) is 0 Å². The smallest absolute Gasteiger partial charge is 0.293 e. The van der Waals surface area contributed by atoms with Gasteiger partial charge in [0.1, 0.15) is 23.0 Å². The van der Waals surface area contributed by atoms with Gasteiger partial charge in [0, 0.05) is 5.41 Å². The van der Waals surface area contributed by atoms with Gasteiger partial charge in [0.05, 0.1) is 0 Å². The fraction of sp³-hybridized carbons (Fsp3) is 0.111. The Morgan fingerprint density at radius 3 is 1.03 bits per heavy atom. The molecular formula is C27H24O4. The van der Waals surface area contributed by atoms with E-state index in [0.717, 1.165) is 22.3 Å². The first-order chi connectivity index (χ1) is 17.1. The van der Waals surface area contributed by atoms with E-state index in [4.69, 9.17) is 5.72 Å². The molecule has 0 saturated heterocycles. The van der Waals surface area contributed by atoms with Gasteiger partial charge in [-0.25, -0.2) is 0 Å². The average molecular weight is 417 g/mol. The van der Waals surface area contributed by atoms with Crippen LogP contribution in [0.25, 0.3) is 0 Å². The molecule has 4 nitrogen and oxygen atoms in total. The standard InChI is InChI=1S/C27H24O4/c28-23-9-1-19(2-10-23)17-27(21-5-13-25(30)14-6-21,22-7-15-26(31)16-8-22)18-20-3-11-24(29)12-4-20/h1-16,28-31H,17-18H2/i/hD4. The Labute approximate surface area is 187 Å². The SMILES string of the molecule is [2H]Oc1ccc(CC(Cc2ccc(O[2H])cc2)(c2ccc(O[2H])cc2)c2ccc(O[2H])cc2)cc1. The van der Waals surface area contributed by atoms with Gasteiger partial charge in [-0.3, -0.25) is 0 Å². The van der Waals surface area contributed by atoms with Crippen LogP contribution in [-0.4, -0.2) is 26.2 Å². The van der Waals surface area contributed by atoms with Crippen LogP contribution in [0.15, 0.2) is 97.1 Å². The maximum absolute atomic E-state index is 7.23. The molecule has 4 N–H and O–H groups in total. The molecule has 0 bridgehead atoms. The van der Waals surface area contributed by atoms with Crippen LogP contribution in [0.3, 0.4) is 0 Å². The van der Waals surface area contributed by atoms with Crippen molar-refractivity contribution in [3.05, 3.63) is 119 Å². The van der Waals surface area contributed by atoms with E-state index < -0.39 is 5.41 Å². The van der Waals surface area contributed by atoms with E-state index in [1.165, 1.54) is 0 Å². The molecule has 0 aliphatic heterocycles. The van der Waals surface area contributed by atoms with Gasteiger partial charge < -0.3 is 20.4 Å². The van der Waals surface area contributed by atoms with Gasteiger partial charge in [-0.05, 0) is 83.6 Å². The second kappa shape index (κ2) is 8.44. The Balaban J connectivity index is 1.88. The maximum atomic E-state index is 7.23. The van der Waals surface area contributed by atoms with Gasteiger partial charge in [-0.2, -0.15) is 0 Å². The van der Waals surface area contributed by atoms with E-state index in [2.05, 4.69) is 20.4 Å². The van der Waals surface area contributed by atoms with Crippen LogP contribution in [-0.2, 0) is 18.3 Å². The van der Waals surface area contributed by atoms with Crippen molar-refractivity contribution < 1.29 is 20.4 Å². The van der Waals surface area contributed by atoms with Gasteiger partial charge in [0.2, 0.25) is 0 Å². The summed E-state index contributed by atoms with van der Waals surface area (Å²) in [6.07, 6.45) is 1.23. The number of hydrogen-bond donors (Lipinski definition) is 4. The van der Waals surface area contributed by atoms with Gasteiger partial charge in [0.15, 0.2) is 0 Å². The highest BCUT2D eigenvalue weighted by molar-refractivity contribution is 5.47. The number of rotatable bonds is 10. The van der Waals surface area contributed by atoms with Crippen LogP contribution in [0.2, 0.25) is 0 Å². The molecule has 0 amide bonds. The zero-order valence-corrected chi connectivity index (χ0v) is 16.8. The van der Waals surface area contributed by atoms with Crippen LogP contribution < -0.4 is 0 Å². The quantitative estimate of drug-likeness (QED) is 0.283. The molecule has 4 aromatic rings. The number of aromatic hydroxyl groups is 4. The lowest BCUT2D eigenvalue weighted by Crippen LogP contribution is -2.33. The molecule has 0 aromatic heterocycles. The molecule has 4 heteroatoms. The van der Waals surface area contributed by atoms with Gasteiger partial charge in [-0.1, -0.05) is 48.5 Å². The first-order valence-corrected chi connectivity index (χ1v) is 10.0. The van der Waals surface area contributed by atoms with Crippen molar-refractivity contribution in [2.75, 3.05) is 0 Å². The first kappa shape index (κ1) is 15.9. The molecule has 0 saturated carbocycles. The summed E-state index contributed by atoms with van der Waals surface area (Å²) in [6.45, 7) is 0. The second-order valence-electron chi connectivity index (χ2n) is 7.77. The van der Waals surface area contributed by atoms with E-state index in [1.807, 2.05) is 48.5 Å². The van der Waals surface area contributed by atoms with Gasteiger partial charge in [-0.15, -0.1) is 0 Å². The molecule has 0 aliphatic rings. The van der Waals surface area contributed by atoms with Crippen molar-refractivity contribution >= 4 is 0 Å². The van der Waals surface area contributed by atoms with Crippen molar-refractivity contribution in [3.63, 3.8) is 0 Å². The monoisotopic (exact) mass is 416 g/mol. The largest absolute Gasteiger partial charge is 0.508 e. The minimum absolute atomic E-state index is 0.439. The molecule has 4 rings (SSSR count). The third-order valence-electron chi connectivity index (χ3n) is 5.67. The van der Waals surface area contributed by atoms with Crippen molar-refractivity contribution in [2.45, 2.75) is 18.3 Å². The van der Waals surface area contributed by atoms with Gasteiger partial charge >= 0.3 is 0 Å². The Bertz CT molecular complexity index is 1110. The number of benzene rings is 4. The van der Waals surface area contributed by atoms with E-state index >= 15 is 0 Å². The van der Waals surface area contributed by atoms with Gasteiger partial charge in [0.25, 0.3) is 5.72 Å². The Morgan fingerprint density at radius 1 is 0.452 bits per heavy atom. The zero-order chi connectivity index (χ0) is 24.7. The van der Waals surface area contributed by atoms with E-state index in [0.29, 0.717) is 35.8 Å². The van der Waals surface area contributed by atoms with Crippen LogP contribution in [0.1, 0.15) is 22.3 Å². The molecule has 0 aliphatic carbocycles. The summed E-state index contributed by atoms with van der Waals surface area (Å²) in [4.78, 5) is 0. The minimum Gasteiger partial charge on any atom is -0.508 e. The third kappa shape index (κ3) is 4.48. The number of phenols is 4. The highest BCUT2D eigenvalue weighted by atomic mass is 16.3. The maximum Gasteiger partial charge on any atom is 0.293 e. The lowest BCUT2D eigenvalue weighted by molar-refractivity contribution is 0.465. The normalized spacial score (nSPS) is 12.6. The summed E-state index contributed by atoms with van der Waals surface area (Å²) in [5.74, 6) is 1.79. The minimum atomic E-state index is -0.548. The third-order valence-corrected chi connectivity index (χ3v) is 5.67. The summed E-state index contributed by atoms with van der Waals surface area (Å²) in [6, 6.07) is 29.8. The first-order valence-electron chi connectivity index (χ1n) is 11.6. The predicted molar refractivity (Wildman–Crippen MR) is 121 cm³/mol. The Hall–Kier alpha value is -3.92. The molecule has 0 atom stereocenters. The highest BCUT2D eigenvalue weighted by Gasteiger charge is 2.35. The Morgan fingerprint density at radius 2 is 0.742 bits per heavy atom. The summed E-state index contributed by atoms with van der Waals surface area (Å²) in [5, 5.41) is 18.5. The molecule has 0 spiro atoms. The zero-order valence-electron chi connectivity index (χ0n) is 20.8. The number of hydrogen-bond acceptors (Lipinski definition) is 4. The molecule has 156 valence electrons. The molecule has 31 heavy (non-hydrogen) atoms. The van der Waals surface area contributed by atoms with Crippen molar-refractivity contribution in [1.82, 2.24) is 0 Å². The lowest BCUT2D eigenvalue weighted by atomic mass is 9.67. The molecule has 0 fully saturated rings. The lowest BCUT2D eigenvalue weighted by Gasteiger charge is -2.36. The second-order valence-corrected chi connectivity index (χ2v) is 7.77. The van der Waals surface area contributed by atoms with Crippen LogP contribution in [0.4, 0.5) is 0 Å². The van der Waals surface area contributed by atoms with Crippen molar-refractivity contribution in [3.8, 4) is 23.0 Å². The summed E-state index contributed by atoms with van der Waals surface area (Å²) >= 11 is 0. The topological polar surface area (TPSA) is 80.9 Å². The summed E-state index contributed by atoms with van der Waals surface area (Å²) in [7, 11) is 0. The molecular weight excluding hydrogens is 388 g/mol. The van der Waals surface area contributed by atoms with E-state index in [1.54, 1.807) is 48.5 Å². The molecule has 4 aromatic carbocycles. The van der Waals surface area contributed by atoms with Crippen molar-refractivity contribution in [1.29, 1.82) is 5.72 Å². The molecule has 0 unspecified atom stereocenters. The Kier molecular flexibility index (Phi) is 4.32. The molecule has 0 radical (unpaired) electrons. The number of phenolic OH excluding ortho intramolecular Hbond substituents is 4. The fourth-order valence-corrected chi connectivity index (χ4v) is 4.10. The van der Waals surface area contributed by atoms with Crippen LogP contribution in [0.5, 0.6) is 23.0 Å². The van der Waals surface area contributed by atoms with Crippen LogP contribution in [0, 0.1) is 0 Å². The van der Waals surface area contributed by atoms with E-state index in [9.17, 15) is 0 Å². The highest BCUT2D eigenvalue weighted by Crippen LogP contribution is 2.40. The summed E-state index contributed by atoms with van der Waals surface area (Å²) < 4.78 is 28.7. The molecule has 0 heterocycles. The van der Waals surface area contributed by atoms with Crippen LogP contribution >= 0.6 is 0 Å². The van der Waals surface area contributed by atoms with E-state index in [-0.39, 0.29) is 0 Å². The fourth-order valence-electron chi connectivity index (χ4n) is 4.10. The average Bonchev–Trinajstić information content (AvgIpc) is 2.93. The predicted octanol–water partition coefficient (Wildman–Crippen LogP) is 5.28.